The van der Waals surface area contributed by atoms with Crippen LogP contribution in [0.25, 0.3) is 0 Å². The summed E-state index contributed by atoms with van der Waals surface area (Å²) in [5.74, 6) is 0.149. The molecular formula is C19H29BClN3O5S. The summed E-state index contributed by atoms with van der Waals surface area (Å²) in [6.45, 7) is 9.03. The molecule has 1 aromatic rings. The second kappa shape index (κ2) is 8.72. The summed E-state index contributed by atoms with van der Waals surface area (Å²) >= 11 is 5.59. The topological polar surface area (TPSA) is 98.7 Å². The van der Waals surface area contributed by atoms with Crippen LogP contribution in [0.4, 0.5) is 0 Å². The molecule has 1 aromatic heterocycles. The lowest BCUT2D eigenvalue weighted by atomic mass is 9.81. The van der Waals surface area contributed by atoms with E-state index < -0.39 is 28.2 Å². The highest BCUT2D eigenvalue weighted by molar-refractivity contribution is 7.91. The summed E-state index contributed by atoms with van der Waals surface area (Å²) in [6.07, 6.45) is 4.99. The number of amides is 1. The number of carbonyl (C=O) groups is 1. The van der Waals surface area contributed by atoms with E-state index in [1.54, 1.807) is 4.90 Å². The van der Waals surface area contributed by atoms with Crippen molar-refractivity contribution in [3.05, 3.63) is 12.4 Å². The molecule has 30 heavy (non-hydrogen) atoms. The summed E-state index contributed by atoms with van der Waals surface area (Å²) in [5, 5.41) is -0.183. The standard InChI is InChI=1S/C19H29BClN3O5S/c1-18(2)19(3,4)29-20(28-18)15-12-22-17(23-13-15)30(26,27)10-7-14-5-8-24(9-6-14)16(25)11-21/h12-14H,5-11H2,1-4H3. The lowest BCUT2D eigenvalue weighted by Gasteiger charge is -2.32. The molecule has 2 fully saturated rings. The fraction of sp³-hybridized carbons (Fsp3) is 0.737. The Labute approximate surface area is 183 Å². The second-order valence-corrected chi connectivity index (χ2v) is 11.2. The molecule has 8 nitrogen and oxygen atoms in total. The molecule has 0 N–H and O–H groups in total. The van der Waals surface area contributed by atoms with Crippen molar-refractivity contribution in [2.45, 2.75) is 63.3 Å². The number of piperidine rings is 1. The van der Waals surface area contributed by atoms with Gasteiger partial charge in [-0.25, -0.2) is 18.4 Å². The first-order valence-electron chi connectivity index (χ1n) is 10.2. The molecular weight excluding hydrogens is 429 g/mol. The monoisotopic (exact) mass is 457 g/mol. The first-order chi connectivity index (χ1) is 13.9. The van der Waals surface area contributed by atoms with Crippen LogP contribution in [-0.4, -0.2) is 72.2 Å². The maximum absolute atomic E-state index is 12.7. The van der Waals surface area contributed by atoms with Crippen LogP contribution in [0.2, 0.25) is 0 Å². The van der Waals surface area contributed by atoms with Crippen molar-refractivity contribution in [2.24, 2.45) is 5.92 Å². The number of alkyl halides is 1. The zero-order valence-electron chi connectivity index (χ0n) is 17.9. The van der Waals surface area contributed by atoms with Crippen molar-refractivity contribution in [2.75, 3.05) is 24.7 Å². The van der Waals surface area contributed by atoms with Crippen molar-refractivity contribution in [3.63, 3.8) is 0 Å². The summed E-state index contributed by atoms with van der Waals surface area (Å²) in [7, 11) is -4.22. The molecule has 166 valence electrons. The highest BCUT2D eigenvalue weighted by atomic mass is 35.5. The summed E-state index contributed by atoms with van der Waals surface area (Å²) in [5.41, 5.74) is -0.400. The summed E-state index contributed by atoms with van der Waals surface area (Å²) < 4.78 is 37.2. The van der Waals surface area contributed by atoms with Gasteiger partial charge in [0.15, 0.2) is 0 Å². The molecule has 2 aliphatic heterocycles. The van der Waals surface area contributed by atoms with Crippen molar-refractivity contribution in [1.82, 2.24) is 14.9 Å². The Morgan fingerprint density at radius 2 is 1.70 bits per heavy atom. The molecule has 0 radical (unpaired) electrons. The summed E-state index contributed by atoms with van der Waals surface area (Å²) in [4.78, 5) is 21.5. The van der Waals surface area contributed by atoms with Gasteiger partial charge in [0.25, 0.3) is 0 Å². The number of nitrogens with zero attached hydrogens (tertiary/aromatic N) is 3. The van der Waals surface area contributed by atoms with Gasteiger partial charge >= 0.3 is 7.12 Å². The minimum Gasteiger partial charge on any atom is -0.399 e. The average Bonchev–Trinajstić information content (AvgIpc) is 2.93. The zero-order chi connectivity index (χ0) is 22.2. The SMILES string of the molecule is CC1(C)OB(c2cnc(S(=O)(=O)CCC3CCN(C(=O)CCl)CC3)nc2)OC1(C)C. The van der Waals surface area contributed by atoms with E-state index in [2.05, 4.69) is 9.97 Å². The maximum Gasteiger partial charge on any atom is 0.498 e. The third-order valence-corrected chi connectivity index (χ3v) is 8.10. The second-order valence-electron chi connectivity index (χ2n) is 8.95. The number of rotatable bonds is 6. The molecule has 0 aliphatic carbocycles. The number of hydrogen-bond donors (Lipinski definition) is 0. The number of carbonyl (C=O) groups excluding carboxylic acids is 1. The van der Waals surface area contributed by atoms with Crippen LogP contribution in [0.5, 0.6) is 0 Å². The lowest BCUT2D eigenvalue weighted by Crippen LogP contribution is -2.41. The zero-order valence-corrected chi connectivity index (χ0v) is 19.5. The molecule has 0 bridgehead atoms. The van der Waals surface area contributed by atoms with E-state index in [1.807, 2.05) is 27.7 Å². The largest absolute Gasteiger partial charge is 0.498 e. The number of halogens is 1. The predicted octanol–water partition coefficient (Wildman–Crippen LogP) is 1.42. The molecule has 1 amide bonds. The Hall–Kier alpha value is -1.23. The number of aromatic nitrogens is 2. The van der Waals surface area contributed by atoms with Crippen molar-refractivity contribution in [1.29, 1.82) is 0 Å². The fourth-order valence-electron chi connectivity index (χ4n) is 3.56. The molecule has 0 unspecified atom stereocenters. The van der Waals surface area contributed by atoms with E-state index >= 15 is 0 Å². The van der Waals surface area contributed by atoms with E-state index in [-0.39, 0.29) is 28.6 Å². The van der Waals surface area contributed by atoms with Crippen molar-refractivity contribution in [3.8, 4) is 0 Å². The molecule has 0 atom stereocenters. The van der Waals surface area contributed by atoms with Crippen LogP contribution >= 0.6 is 11.6 Å². The van der Waals surface area contributed by atoms with Gasteiger partial charge in [-0.2, -0.15) is 0 Å². The quantitative estimate of drug-likeness (QED) is 0.362. The first-order valence-corrected chi connectivity index (χ1v) is 12.4. The van der Waals surface area contributed by atoms with Gasteiger partial charge in [-0.15, -0.1) is 11.6 Å². The van der Waals surface area contributed by atoms with Gasteiger partial charge in [0, 0.05) is 30.9 Å². The minimum atomic E-state index is -3.59. The van der Waals surface area contributed by atoms with E-state index in [9.17, 15) is 13.2 Å². The van der Waals surface area contributed by atoms with E-state index in [4.69, 9.17) is 20.9 Å². The van der Waals surface area contributed by atoms with Crippen molar-refractivity contribution < 1.29 is 22.5 Å². The van der Waals surface area contributed by atoms with Crippen LogP contribution in [0, 0.1) is 5.92 Å². The molecule has 2 saturated heterocycles. The van der Waals surface area contributed by atoms with E-state index in [1.165, 1.54) is 12.4 Å². The Balaban J connectivity index is 1.56. The highest BCUT2D eigenvalue weighted by Crippen LogP contribution is 2.36. The lowest BCUT2D eigenvalue weighted by molar-refractivity contribution is -0.129. The van der Waals surface area contributed by atoms with Gasteiger partial charge in [-0.3, -0.25) is 4.79 Å². The molecule has 3 heterocycles. The van der Waals surface area contributed by atoms with Gasteiger partial charge in [0.05, 0.1) is 17.0 Å². The highest BCUT2D eigenvalue weighted by Gasteiger charge is 2.52. The van der Waals surface area contributed by atoms with Crippen molar-refractivity contribution >= 4 is 39.9 Å². The van der Waals surface area contributed by atoms with Crippen LogP contribution < -0.4 is 5.46 Å². The molecule has 0 spiro atoms. The van der Waals surface area contributed by atoms with Gasteiger partial charge in [0.1, 0.15) is 5.88 Å². The van der Waals surface area contributed by atoms with E-state index in [0.29, 0.717) is 25.0 Å². The van der Waals surface area contributed by atoms with Gasteiger partial charge < -0.3 is 14.2 Å². The maximum atomic E-state index is 12.7. The van der Waals surface area contributed by atoms with Gasteiger partial charge in [0.2, 0.25) is 20.9 Å². The Morgan fingerprint density at radius 3 is 2.20 bits per heavy atom. The smallest absolute Gasteiger partial charge is 0.399 e. The Bertz CT molecular complexity index is 855. The predicted molar refractivity (Wildman–Crippen MR) is 114 cm³/mol. The summed E-state index contributed by atoms with van der Waals surface area (Å²) in [6, 6.07) is 0. The van der Waals surface area contributed by atoms with Crippen LogP contribution in [0.1, 0.15) is 47.0 Å². The van der Waals surface area contributed by atoms with Crippen LogP contribution in [-0.2, 0) is 23.9 Å². The van der Waals surface area contributed by atoms with Crippen LogP contribution in [0.3, 0.4) is 0 Å². The number of sulfone groups is 1. The third kappa shape index (κ3) is 4.98. The Morgan fingerprint density at radius 1 is 1.17 bits per heavy atom. The van der Waals surface area contributed by atoms with Crippen LogP contribution in [0.15, 0.2) is 17.6 Å². The first kappa shape index (κ1) is 23.4. The minimum absolute atomic E-state index is 0.0156. The molecule has 11 heteroatoms. The fourth-order valence-corrected chi connectivity index (χ4v) is 4.98. The average molecular weight is 458 g/mol. The number of likely N-dealkylation sites (tertiary alicyclic amines) is 1. The van der Waals surface area contributed by atoms with Gasteiger partial charge in [-0.1, -0.05) is 0 Å². The van der Waals surface area contributed by atoms with E-state index in [0.717, 1.165) is 12.8 Å². The molecule has 0 saturated carbocycles. The van der Waals surface area contributed by atoms with Gasteiger partial charge in [-0.05, 0) is 52.9 Å². The molecule has 3 rings (SSSR count). The normalized spacial score (nSPS) is 21.8. The Kier molecular flexibility index (Phi) is 6.82. The number of hydrogen-bond acceptors (Lipinski definition) is 7. The third-order valence-electron chi connectivity index (χ3n) is 6.33. The molecule has 2 aliphatic rings. The molecule has 0 aromatic carbocycles.